The molecular formula is C14H13F3N4O. The van der Waals surface area contributed by atoms with Gasteiger partial charge in [-0.3, -0.25) is 10.1 Å². The summed E-state index contributed by atoms with van der Waals surface area (Å²) in [6, 6.07) is 3.49. The van der Waals surface area contributed by atoms with Crippen LogP contribution in [0.4, 0.5) is 19.1 Å². The molecule has 2 N–H and O–H groups in total. The molecule has 5 nitrogen and oxygen atoms in total. The van der Waals surface area contributed by atoms with E-state index in [2.05, 4.69) is 20.3 Å². The van der Waals surface area contributed by atoms with Crippen LogP contribution < -0.4 is 5.32 Å². The van der Waals surface area contributed by atoms with Crippen LogP contribution in [0.2, 0.25) is 0 Å². The van der Waals surface area contributed by atoms with Crippen LogP contribution in [-0.4, -0.2) is 20.9 Å². The van der Waals surface area contributed by atoms with E-state index in [0.29, 0.717) is 11.9 Å². The second kappa shape index (κ2) is 5.43. The predicted octanol–water partition coefficient (Wildman–Crippen LogP) is 2.88. The predicted molar refractivity (Wildman–Crippen MR) is 72.1 cm³/mol. The first kappa shape index (κ1) is 14.6. The summed E-state index contributed by atoms with van der Waals surface area (Å²) in [5.74, 6) is 0.311. The third-order valence-corrected chi connectivity index (χ3v) is 3.31. The number of hydrogen-bond acceptors (Lipinski definition) is 3. The largest absolute Gasteiger partial charge is 0.433 e. The Balaban J connectivity index is 1.63. The Morgan fingerprint density at radius 3 is 2.82 bits per heavy atom. The minimum Gasteiger partial charge on any atom is -0.328 e. The van der Waals surface area contributed by atoms with E-state index in [1.807, 2.05) is 0 Å². The molecule has 2 heterocycles. The number of aromatic nitrogens is 3. The fraction of sp³-hybridized carbons (Fsp3) is 0.357. The van der Waals surface area contributed by atoms with Crippen LogP contribution in [0.1, 0.15) is 35.8 Å². The molecule has 0 radical (unpaired) electrons. The number of alkyl halides is 3. The lowest BCUT2D eigenvalue weighted by Gasteiger charge is -2.07. The van der Waals surface area contributed by atoms with Crippen molar-refractivity contribution in [3.05, 3.63) is 41.5 Å². The van der Waals surface area contributed by atoms with Crippen LogP contribution in [0.15, 0.2) is 24.4 Å². The number of H-pyrrole nitrogens is 1. The van der Waals surface area contributed by atoms with Crippen molar-refractivity contribution in [2.45, 2.75) is 31.4 Å². The van der Waals surface area contributed by atoms with Gasteiger partial charge in [0.2, 0.25) is 11.9 Å². The Morgan fingerprint density at radius 2 is 2.14 bits per heavy atom. The number of carbonyl (C=O) groups excluding carboxylic acids is 1. The van der Waals surface area contributed by atoms with Crippen molar-refractivity contribution in [2.75, 3.05) is 5.32 Å². The molecule has 1 amide bonds. The zero-order valence-electron chi connectivity index (χ0n) is 11.4. The molecular weight excluding hydrogens is 297 g/mol. The number of pyridine rings is 1. The van der Waals surface area contributed by atoms with Gasteiger partial charge in [-0.25, -0.2) is 9.97 Å². The van der Waals surface area contributed by atoms with Gasteiger partial charge in [0.05, 0.1) is 18.3 Å². The summed E-state index contributed by atoms with van der Waals surface area (Å²) in [6.45, 7) is 0. The second-order valence-corrected chi connectivity index (χ2v) is 5.20. The number of nitrogens with zero attached hydrogens (tertiary/aromatic N) is 2. The zero-order chi connectivity index (χ0) is 15.7. The van der Waals surface area contributed by atoms with Crippen molar-refractivity contribution in [3.8, 4) is 0 Å². The minimum absolute atomic E-state index is 0.0568. The molecule has 1 aliphatic rings. The molecule has 2 aromatic rings. The molecule has 22 heavy (non-hydrogen) atoms. The highest BCUT2D eigenvalue weighted by molar-refractivity contribution is 5.90. The van der Waals surface area contributed by atoms with Crippen molar-refractivity contribution in [1.29, 1.82) is 0 Å². The SMILES string of the molecule is O=C(Cc1cccc(C(F)(F)F)n1)Nc1ncc(C2CC2)[nH]1. The number of rotatable bonds is 4. The maximum absolute atomic E-state index is 12.6. The number of hydrogen-bond donors (Lipinski definition) is 2. The monoisotopic (exact) mass is 310 g/mol. The lowest BCUT2D eigenvalue weighted by Crippen LogP contribution is -2.17. The second-order valence-electron chi connectivity index (χ2n) is 5.20. The van der Waals surface area contributed by atoms with Crippen LogP contribution in [-0.2, 0) is 17.4 Å². The van der Waals surface area contributed by atoms with Gasteiger partial charge >= 0.3 is 6.18 Å². The molecule has 8 heteroatoms. The van der Waals surface area contributed by atoms with Gasteiger partial charge in [-0.1, -0.05) is 6.07 Å². The van der Waals surface area contributed by atoms with E-state index in [1.54, 1.807) is 6.20 Å². The van der Waals surface area contributed by atoms with E-state index in [4.69, 9.17) is 0 Å². The maximum atomic E-state index is 12.6. The first-order chi connectivity index (χ1) is 10.4. The molecule has 0 saturated heterocycles. The van der Waals surface area contributed by atoms with Crippen LogP contribution >= 0.6 is 0 Å². The molecule has 0 aromatic carbocycles. The number of aromatic amines is 1. The van der Waals surface area contributed by atoms with Gasteiger partial charge in [0, 0.05) is 11.6 Å². The van der Waals surface area contributed by atoms with Crippen LogP contribution in [0.3, 0.4) is 0 Å². The zero-order valence-corrected chi connectivity index (χ0v) is 11.4. The highest BCUT2D eigenvalue weighted by atomic mass is 19.4. The molecule has 0 unspecified atom stereocenters. The summed E-state index contributed by atoms with van der Waals surface area (Å²) in [4.78, 5) is 22.3. The maximum Gasteiger partial charge on any atom is 0.433 e. The Labute approximate surface area is 124 Å². The van der Waals surface area contributed by atoms with Crippen molar-refractivity contribution in [1.82, 2.24) is 15.0 Å². The first-order valence-electron chi connectivity index (χ1n) is 6.80. The average Bonchev–Trinajstić information content (AvgIpc) is 3.19. The number of anilines is 1. The lowest BCUT2D eigenvalue weighted by atomic mass is 10.2. The Kier molecular flexibility index (Phi) is 3.59. The number of imidazole rings is 1. The fourth-order valence-electron chi connectivity index (χ4n) is 2.08. The highest BCUT2D eigenvalue weighted by Crippen LogP contribution is 2.39. The molecule has 1 saturated carbocycles. The average molecular weight is 310 g/mol. The molecule has 116 valence electrons. The van der Waals surface area contributed by atoms with Crippen molar-refractivity contribution < 1.29 is 18.0 Å². The molecule has 1 fully saturated rings. The standard InChI is InChI=1S/C14H13F3N4O/c15-14(16,17)11-3-1-2-9(19-11)6-12(22)21-13-18-7-10(20-13)8-4-5-8/h1-3,7-8H,4-6H2,(H2,18,20,21,22). The third kappa shape index (κ3) is 3.44. The van der Waals surface area contributed by atoms with Crippen LogP contribution in [0.5, 0.6) is 0 Å². The summed E-state index contributed by atoms with van der Waals surface area (Å²) in [6.07, 6.45) is -0.903. The Hall–Kier alpha value is -2.38. The van der Waals surface area contributed by atoms with E-state index >= 15 is 0 Å². The molecule has 1 aliphatic carbocycles. The molecule has 0 aliphatic heterocycles. The van der Waals surface area contributed by atoms with Gasteiger partial charge in [0.25, 0.3) is 0 Å². The lowest BCUT2D eigenvalue weighted by molar-refractivity contribution is -0.141. The summed E-state index contributed by atoms with van der Waals surface area (Å²) in [5.41, 5.74) is 0.0145. The molecule has 0 bridgehead atoms. The van der Waals surface area contributed by atoms with E-state index in [-0.39, 0.29) is 12.1 Å². The van der Waals surface area contributed by atoms with E-state index < -0.39 is 17.8 Å². The van der Waals surface area contributed by atoms with E-state index in [1.165, 1.54) is 12.1 Å². The van der Waals surface area contributed by atoms with E-state index in [9.17, 15) is 18.0 Å². The van der Waals surface area contributed by atoms with Crippen molar-refractivity contribution in [3.63, 3.8) is 0 Å². The Morgan fingerprint density at radius 1 is 1.36 bits per heavy atom. The summed E-state index contributed by atoms with van der Waals surface area (Å²) >= 11 is 0. The van der Waals surface area contributed by atoms with Gasteiger partial charge in [-0.15, -0.1) is 0 Å². The van der Waals surface area contributed by atoms with Crippen molar-refractivity contribution in [2.24, 2.45) is 0 Å². The molecule has 0 atom stereocenters. The smallest absolute Gasteiger partial charge is 0.328 e. The summed E-state index contributed by atoms with van der Waals surface area (Å²) < 4.78 is 37.7. The molecule has 3 rings (SSSR count). The van der Waals surface area contributed by atoms with Crippen LogP contribution in [0.25, 0.3) is 0 Å². The Bertz CT molecular complexity index is 691. The number of amides is 1. The molecule has 0 spiro atoms. The van der Waals surface area contributed by atoms with Crippen LogP contribution in [0, 0.1) is 0 Å². The molecule has 2 aromatic heterocycles. The van der Waals surface area contributed by atoms with E-state index in [0.717, 1.165) is 24.6 Å². The minimum atomic E-state index is -4.52. The van der Waals surface area contributed by atoms with Gasteiger partial charge < -0.3 is 4.98 Å². The third-order valence-electron chi connectivity index (χ3n) is 3.31. The summed E-state index contributed by atoms with van der Waals surface area (Å²) in [7, 11) is 0. The summed E-state index contributed by atoms with van der Waals surface area (Å²) in [5, 5.41) is 2.52. The normalized spacial score (nSPS) is 14.9. The highest BCUT2D eigenvalue weighted by Gasteiger charge is 2.32. The topological polar surface area (TPSA) is 70.7 Å². The number of nitrogens with one attached hydrogen (secondary N) is 2. The quantitative estimate of drug-likeness (QED) is 0.912. The van der Waals surface area contributed by atoms with Crippen molar-refractivity contribution >= 4 is 11.9 Å². The first-order valence-corrected chi connectivity index (χ1v) is 6.80. The van der Waals surface area contributed by atoms with Gasteiger partial charge in [-0.2, -0.15) is 13.2 Å². The fourth-order valence-corrected chi connectivity index (χ4v) is 2.08. The number of carbonyl (C=O) groups is 1. The van der Waals surface area contributed by atoms with Gasteiger partial charge in [-0.05, 0) is 25.0 Å². The van der Waals surface area contributed by atoms with Gasteiger partial charge in [0.15, 0.2) is 0 Å². The number of halogens is 3. The van der Waals surface area contributed by atoms with Gasteiger partial charge in [0.1, 0.15) is 5.69 Å².